The fourth-order valence-electron chi connectivity index (χ4n) is 3.42. The standard InChI is InChI=1S/C21H27N3O3S/c1-15-5-6-19(27-3)18(13-15)22-20(25)16(2)23-8-4-9-24(11-10-23)21(26)17-7-12-28-14-17/h5-7,12-14,16H,4,8-11H2,1-3H3,(H,22,25). The number of anilines is 1. The highest BCUT2D eigenvalue weighted by atomic mass is 32.1. The quantitative estimate of drug-likeness (QED) is 0.836. The zero-order chi connectivity index (χ0) is 20.1. The zero-order valence-electron chi connectivity index (χ0n) is 16.6. The van der Waals surface area contributed by atoms with E-state index in [4.69, 9.17) is 4.74 Å². The fraction of sp³-hybridized carbons (Fsp3) is 0.429. The Morgan fingerprint density at radius 1 is 1.18 bits per heavy atom. The van der Waals surface area contributed by atoms with E-state index in [0.717, 1.165) is 24.1 Å². The molecule has 3 rings (SSSR count). The number of nitrogens with zero attached hydrogens (tertiary/aromatic N) is 2. The van der Waals surface area contributed by atoms with Crippen molar-refractivity contribution >= 4 is 28.8 Å². The largest absolute Gasteiger partial charge is 0.495 e. The summed E-state index contributed by atoms with van der Waals surface area (Å²) in [7, 11) is 1.59. The van der Waals surface area contributed by atoms with Gasteiger partial charge in [-0.25, -0.2) is 0 Å². The van der Waals surface area contributed by atoms with Crippen LogP contribution >= 0.6 is 11.3 Å². The Morgan fingerprint density at radius 2 is 2.00 bits per heavy atom. The Morgan fingerprint density at radius 3 is 2.71 bits per heavy atom. The molecular weight excluding hydrogens is 374 g/mol. The highest BCUT2D eigenvalue weighted by molar-refractivity contribution is 7.08. The first-order chi connectivity index (χ1) is 13.5. The minimum absolute atomic E-state index is 0.0680. The first-order valence-electron chi connectivity index (χ1n) is 9.50. The number of carbonyl (C=O) groups is 2. The van der Waals surface area contributed by atoms with Crippen LogP contribution in [0.1, 0.15) is 29.3 Å². The maximum absolute atomic E-state index is 12.8. The van der Waals surface area contributed by atoms with E-state index in [1.165, 1.54) is 11.3 Å². The van der Waals surface area contributed by atoms with Crippen molar-refractivity contribution in [1.29, 1.82) is 0 Å². The Hall–Kier alpha value is -2.38. The third kappa shape index (κ3) is 4.72. The molecule has 2 amide bonds. The summed E-state index contributed by atoms with van der Waals surface area (Å²) in [6, 6.07) is 7.29. The molecule has 1 N–H and O–H groups in total. The van der Waals surface area contributed by atoms with Gasteiger partial charge >= 0.3 is 0 Å². The van der Waals surface area contributed by atoms with Crippen molar-refractivity contribution < 1.29 is 14.3 Å². The molecule has 2 heterocycles. The van der Waals surface area contributed by atoms with Gasteiger partial charge in [0.2, 0.25) is 5.91 Å². The van der Waals surface area contributed by atoms with Crippen LogP contribution in [0, 0.1) is 6.92 Å². The minimum atomic E-state index is -0.290. The van der Waals surface area contributed by atoms with E-state index in [9.17, 15) is 9.59 Å². The smallest absolute Gasteiger partial charge is 0.254 e. The van der Waals surface area contributed by atoms with Gasteiger partial charge in [0.05, 0.1) is 24.4 Å². The second-order valence-electron chi connectivity index (χ2n) is 7.06. The van der Waals surface area contributed by atoms with Crippen LogP contribution < -0.4 is 10.1 Å². The van der Waals surface area contributed by atoms with Gasteiger partial charge < -0.3 is 15.0 Å². The van der Waals surface area contributed by atoms with Crippen LogP contribution in [0.4, 0.5) is 5.69 Å². The number of amides is 2. The molecule has 0 aliphatic carbocycles. The molecule has 2 aromatic rings. The molecule has 1 atom stereocenters. The molecule has 0 spiro atoms. The molecule has 28 heavy (non-hydrogen) atoms. The summed E-state index contributed by atoms with van der Waals surface area (Å²) in [4.78, 5) is 29.4. The minimum Gasteiger partial charge on any atom is -0.495 e. The molecule has 1 saturated heterocycles. The van der Waals surface area contributed by atoms with Crippen LogP contribution in [0.2, 0.25) is 0 Å². The number of hydrogen-bond donors (Lipinski definition) is 1. The van der Waals surface area contributed by atoms with Crippen LogP contribution in [0.3, 0.4) is 0 Å². The number of aryl methyl sites for hydroxylation is 1. The van der Waals surface area contributed by atoms with E-state index < -0.39 is 0 Å². The molecule has 1 fully saturated rings. The first kappa shape index (κ1) is 20.4. The average molecular weight is 402 g/mol. The summed E-state index contributed by atoms with van der Waals surface area (Å²) >= 11 is 1.53. The molecule has 1 aromatic heterocycles. The number of carbonyl (C=O) groups excluding carboxylic acids is 2. The van der Waals surface area contributed by atoms with Crippen LogP contribution in [-0.4, -0.2) is 60.9 Å². The van der Waals surface area contributed by atoms with Gasteiger partial charge in [-0.15, -0.1) is 0 Å². The summed E-state index contributed by atoms with van der Waals surface area (Å²) in [5.74, 6) is 0.653. The van der Waals surface area contributed by atoms with Gasteiger partial charge in [-0.3, -0.25) is 14.5 Å². The molecule has 0 bridgehead atoms. The number of ether oxygens (including phenoxy) is 1. The number of methoxy groups -OCH3 is 1. The summed E-state index contributed by atoms with van der Waals surface area (Å²) in [6.07, 6.45) is 0.848. The summed E-state index contributed by atoms with van der Waals surface area (Å²) in [6.45, 7) is 6.69. The lowest BCUT2D eigenvalue weighted by molar-refractivity contribution is -0.120. The number of thiophene rings is 1. The predicted molar refractivity (Wildman–Crippen MR) is 112 cm³/mol. The molecule has 0 radical (unpaired) electrons. The van der Waals surface area contributed by atoms with E-state index >= 15 is 0 Å². The molecule has 6 nitrogen and oxygen atoms in total. The lowest BCUT2D eigenvalue weighted by Crippen LogP contribution is -2.44. The summed E-state index contributed by atoms with van der Waals surface area (Å²) in [5, 5.41) is 6.80. The fourth-order valence-corrected chi connectivity index (χ4v) is 4.05. The van der Waals surface area contributed by atoms with Crippen LogP contribution in [-0.2, 0) is 4.79 Å². The van der Waals surface area contributed by atoms with E-state index in [2.05, 4.69) is 10.2 Å². The van der Waals surface area contributed by atoms with Crippen molar-refractivity contribution in [2.75, 3.05) is 38.6 Å². The number of nitrogens with one attached hydrogen (secondary N) is 1. The molecule has 7 heteroatoms. The molecule has 1 aromatic carbocycles. The summed E-state index contributed by atoms with van der Waals surface area (Å²) in [5.41, 5.74) is 2.49. The van der Waals surface area contributed by atoms with Crippen LogP contribution in [0.25, 0.3) is 0 Å². The number of benzene rings is 1. The van der Waals surface area contributed by atoms with Gasteiger partial charge in [-0.05, 0) is 49.4 Å². The number of rotatable bonds is 5. The van der Waals surface area contributed by atoms with E-state index in [-0.39, 0.29) is 17.9 Å². The second kappa shape index (κ2) is 9.21. The Bertz CT molecular complexity index is 822. The van der Waals surface area contributed by atoms with Crippen molar-refractivity contribution in [3.63, 3.8) is 0 Å². The van der Waals surface area contributed by atoms with Gasteiger partial charge in [-0.1, -0.05) is 6.07 Å². The Labute approximate surface area is 170 Å². The third-order valence-corrected chi connectivity index (χ3v) is 5.81. The highest BCUT2D eigenvalue weighted by Gasteiger charge is 2.26. The molecule has 150 valence electrons. The zero-order valence-corrected chi connectivity index (χ0v) is 17.4. The summed E-state index contributed by atoms with van der Waals surface area (Å²) < 4.78 is 5.35. The molecule has 1 unspecified atom stereocenters. The lowest BCUT2D eigenvalue weighted by atomic mass is 10.2. The van der Waals surface area contributed by atoms with Gasteiger partial charge in [0.15, 0.2) is 0 Å². The predicted octanol–water partition coefficient (Wildman–Crippen LogP) is 3.24. The Balaban J connectivity index is 1.61. The SMILES string of the molecule is COc1ccc(C)cc1NC(=O)C(C)N1CCCN(C(=O)c2ccsc2)CC1. The second-order valence-corrected chi connectivity index (χ2v) is 7.84. The van der Waals surface area contributed by atoms with Crippen LogP contribution in [0.5, 0.6) is 5.75 Å². The van der Waals surface area contributed by atoms with Crippen molar-refractivity contribution in [3.8, 4) is 5.75 Å². The van der Waals surface area contributed by atoms with Gasteiger partial charge in [0.1, 0.15) is 5.75 Å². The van der Waals surface area contributed by atoms with Gasteiger partial charge in [0.25, 0.3) is 5.91 Å². The van der Waals surface area contributed by atoms with E-state index in [1.807, 2.05) is 53.8 Å². The lowest BCUT2D eigenvalue weighted by Gasteiger charge is -2.27. The van der Waals surface area contributed by atoms with E-state index in [1.54, 1.807) is 7.11 Å². The van der Waals surface area contributed by atoms with Crippen molar-refractivity contribution in [1.82, 2.24) is 9.80 Å². The molecule has 0 saturated carbocycles. The Kier molecular flexibility index (Phi) is 6.70. The van der Waals surface area contributed by atoms with Crippen molar-refractivity contribution in [2.24, 2.45) is 0 Å². The normalized spacial score (nSPS) is 16.3. The number of hydrogen-bond acceptors (Lipinski definition) is 5. The van der Waals surface area contributed by atoms with Crippen LogP contribution in [0.15, 0.2) is 35.0 Å². The molecule has 1 aliphatic heterocycles. The van der Waals surface area contributed by atoms with E-state index in [0.29, 0.717) is 31.1 Å². The monoisotopic (exact) mass is 401 g/mol. The van der Waals surface area contributed by atoms with Gasteiger partial charge in [0, 0.05) is 31.6 Å². The van der Waals surface area contributed by atoms with Crippen molar-refractivity contribution in [2.45, 2.75) is 26.3 Å². The third-order valence-electron chi connectivity index (χ3n) is 5.13. The van der Waals surface area contributed by atoms with Crippen molar-refractivity contribution in [3.05, 3.63) is 46.2 Å². The highest BCUT2D eigenvalue weighted by Crippen LogP contribution is 2.25. The van der Waals surface area contributed by atoms with Gasteiger partial charge in [-0.2, -0.15) is 11.3 Å². The molecule has 1 aliphatic rings. The maximum Gasteiger partial charge on any atom is 0.254 e. The topological polar surface area (TPSA) is 61.9 Å². The maximum atomic E-state index is 12.8. The average Bonchev–Trinajstić information content (AvgIpc) is 3.11. The first-order valence-corrected chi connectivity index (χ1v) is 10.4. The molecular formula is C21H27N3O3S.